The summed E-state index contributed by atoms with van der Waals surface area (Å²) >= 11 is 0. The van der Waals surface area contributed by atoms with E-state index in [4.69, 9.17) is 18.9 Å². The maximum absolute atomic E-state index is 12.2. The summed E-state index contributed by atoms with van der Waals surface area (Å²) in [4.78, 5) is 12.2. The van der Waals surface area contributed by atoms with Gasteiger partial charge < -0.3 is 54.7 Å². The number of carbonyl (C=O) groups is 1. The fourth-order valence-electron chi connectivity index (χ4n) is 4.95. The summed E-state index contributed by atoms with van der Waals surface area (Å²) in [5, 5.41) is 70.4. The van der Waals surface area contributed by atoms with Crippen LogP contribution in [0.3, 0.4) is 0 Å². The standard InChI is InChI=1S/C30H52O12/c1-2-3-4-5-6-7-8-9-10-11-12-13-14-15-16-17-23(33)39-19-22-24(34)26(36)27(37)29(40-22)42-30(20-32)28(38)25(35)21(18-31)41-30/h6-7,9-10,21-22,24-29,31-32,34-38H,2-5,8,11-20H2,1H3/b7-6-,10-9-/t21-,22-,24-,25-,26+,27-,28+,29-,30+/m1/s1. The Morgan fingerprint density at radius 1 is 0.786 bits per heavy atom. The Balaban J connectivity index is 1.65. The van der Waals surface area contributed by atoms with Crippen molar-refractivity contribution in [1.82, 2.24) is 0 Å². The van der Waals surface area contributed by atoms with Crippen LogP contribution in [-0.2, 0) is 23.7 Å². The molecule has 0 bridgehead atoms. The summed E-state index contributed by atoms with van der Waals surface area (Å²) in [6, 6.07) is 0. The molecule has 2 aliphatic heterocycles. The van der Waals surface area contributed by atoms with E-state index in [0.717, 1.165) is 44.9 Å². The molecule has 0 radical (unpaired) electrons. The molecule has 12 nitrogen and oxygen atoms in total. The number of hydrogen-bond donors (Lipinski definition) is 7. The van der Waals surface area contributed by atoms with Gasteiger partial charge in [0.05, 0.1) is 6.61 Å². The minimum Gasteiger partial charge on any atom is -0.463 e. The molecule has 2 aliphatic rings. The van der Waals surface area contributed by atoms with Crippen LogP contribution < -0.4 is 0 Å². The SMILES string of the molecule is CCCCC/C=C\C/C=C\CCCCCCCC(=O)OC[C@H]1O[C@H](O[C@]2(CO)O[C@H](CO)[C@@H](O)[C@@H]2O)[C@H](O)[C@@H](O)[C@@H]1O. The van der Waals surface area contributed by atoms with E-state index < -0.39 is 80.6 Å². The molecule has 0 aromatic rings. The average molecular weight is 605 g/mol. The van der Waals surface area contributed by atoms with Crippen molar-refractivity contribution in [3.05, 3.63) is 24.3 Å². The van der Waals surface area contributed by atoms with Crippen molar-refractivity contribution in [2.75, 3.05) is 19.8 Å². The first-order valence-corrected chi connectivity index (χ1v) is 15.3. The number of hydrogen-bond acceptors (Lipinski definition) is 12. The van der Waals surface area contributed by atoms with Crippen molar-refractivity contribution < 1.29 is 59.5 Å². The lowest BCUT2D eigenvalue weighted by Gasteiger charge is -2.43. The number of unbranched alkanes of at least 4 members (excludes halogenated alkanes) is 8. The van der Waals surface area contributed by atoms with Gasteiger partial charge in [-0.1, -0.05) is 63.3 Å². The normalized spacial score (nSPS) is 33.6. The quantitative estimate of drug-likeness (QED) is 0.0592. The molecule has 0 saturated carbocycles. The average Bonchev–Trinajstić information content (AvgIpc) is 3.23. The van der Waals surface area contributed by atoms with Gasteiger partial charge in [0.25, 0.3) is 0 Å². The van der Waals surface area contributed by atoms with Gasteiger partial charge in [0, 0.05) is 6.42 Å². The van der Waals surface area contributed by atoms with Crippen molar-refractivity contribution in [2.45, 2.75) is 139 Å². The van der Waals surface area contributed by atoms with Gasteiger partial charge in [0.1, 0.15) is 55.9 Å². The Kier molecular flexibility index (Phi) is 17.3. The van der Waals surface area contributed by atoms with Crippen LogP contribution in [0.1, 0.15) is 84.0 Å². The highest BCUT2D eigenvalue weighted by atomic mass is 16.8. The molecule has 12 heteroatoms. The fraction of sp³-hybridized carbons (Fsp3) is 0.833. The summed E-state index contributed by atoms with van der Waals surface area (Å²) in [6.07, 6.45) is 7.69. The predicted molar refractivity (Wildman–Crippen MR) is 152 cm³/mol. The Morgan fingerprint density at radius 3 is 2.05 bits per heavy atom. The second-order valence-corrected chi connectivity index (χ2v) is 11.0. The number of ether oxygens (including phenoxy) is 4. The third kappa shape index (κ3) is 11.2. The summed E-state index contributed by atoms with van der Waals surface area (Å²) in [5.41, 5.74) is 0. The zero-order valence-corrected chi connectivity index (χ0v) is 24.7. The molecule has 0 spiro atoms. The zero-order valence-electron chi connectivity index (χ0n) is 24.7. The van der Waals surface area contributed by atoms with E-state index in [2.05, 4.69) is 31.2 Å². The van der Waals surface area contributed by atoms with Gasteiger partial charge in [-0.3, -0.25) is 4.79 Å². The molecule has 0 aromatic heterocycles. The van der Waals surface area contributed by atoms with Crippen LogP contribution in [0.4, 0.5) is 0 Å². The van der Waals surface area contributed by atoms with E-state index in [1.165, 1.54) is 19.3 Å². The molecule has 2 saturated heterocycles. The Hall–Kier alpha value is -1.45. The number of aliphatic hydroxyl groups excluding tert-OH is 7. The van der Waals surface area contributed by atoms with E-state index >= 15 is 0 Å². The summed E-state index contributed by atoms with van der Waals surface area (Å²) in [7, 11) is 0. The molecule has 9 atom stereocenters. The smallest absolute Gasteiger partial charge is 0.305 e. The molecule has 0 amide bonds. The van der Waals surface area contributed by atoms with Gasteiger partial charge in [-0.05, 0) is 38.5 Å². The van der Waals surface area contributed by atoms with Crippen LogP contribution in [0, 0.1) is 0 Å². The summed E-state index contributed by atoms with van der Waals surface area (Å²) in [6.45, 7) is 0.0877. The number of rotatable bonds is 20. The Morgan fingerprint density at radius 2 is 1.43 bits per heavy atom. The van der Waals surface area contributed by atoms with E-state index in [1.807, 2.05) is 0 Å². The van der Waals surface area contributed by atoms with Crippen molar-refractivity contribution in [3.8, 4) is 0 Å². The molecule has 2 heterocycles. The molecule has 0 aliphatic carbocycles. The van der Waals surface area contributed by atoms with Gasteiger partial charge in [0.2, 0.25) is 5.79 Å². The largest absolute Gasteiger partial charge is 0.463 e. The number of carbonyl (C=O) groups excluding carboxylic acids is 1. The molecule has 0 aromatic carbocycles. The van der Waals surface area contributed by atoms with E-state index in [0.29, 0.717) is 6.42 Å². The molecule has 0 unspecified atom stereocenters. The van der Waals surface area contributed by atoms with E-state index in [-0.39, 0.29) is 6.42 Å². The fourth-order valence-corrected chi connectivity index (χ4v) is 4.95. The van der Waals surface area contributed by atoms with Crippen LogP contribution in [0.5, 0.6) is 0 Å². The second kappa shape index (κ2) is 19.8. The van der Waals surface area contributed by atoms with E-state index in [9.17, 15) is 40.5 Å². The lowest BCUT2D eigenvalue weighted by Crippen LogP contribution is -2.62. The first-order chi connectivity index (χ1) is 20.2. The molecule has 2 fully saturated rings. The van der Waals surface area contributed by atoms with Crippen molar-refractivity contribution >= 4 is 5.97 Å². The van der Waals surface area contributed by atoms with Gasteiger partial charge in [-0.15, -0.1) is 0 Å². The molecule has 42 heavy (non-hydrogen) atoms. The van der Waals surface area contributed by atoms with Gasteiger partial charge >= 0.3 is 5.97 Å². The molecular formula is C30H52O12. The summed E-state index contributed by atoms with van der Waals surface area (Å²) in [5.74, 6) is -2.78. The first-order valence-electron chi connectivity index (χ1n) is 15.3. The minimum atomic E-state index is -2.27. The molecule has 244 valence electrons. The van der Waals surface area contributed by atoms with Crippen molar-refractivity contribution in [3.63, 3.8) is 0 Å². The first kappa shape index (κ1) is 36.7. The van der Waals surface area contributed by atoms with Gasteiger partial charge in [-0.2, -0.15) is 0 Å². The molecular weight excluding hydrogens is 552 g/mol. The monoisotopic (exact) mass is 604 g/mol. The lowest BCUT2D eigenvalue weighted by molar-refractivity contribution is -0.383. The third-order valence-electron chi connectivity index (χ3n) is 7.63. The van der Waals surface area contributed by atoms with Crippen molar-refractivity contribution in [2.24, 2.45) is 0 Å². The lowest BCUT2D eigenvalue weighted by atomic mass is 9.99. The van der Waals surface area contributed by atoms with Gasteiger partial charge in [-0.25, -0.2) is 0 Å². The highest BCUT2D eigenvalue weighted by molar-refractivity contribution is 5.69. The predicted octanol–water partition coefficient (Wildman–Crippen LogP) is 0.969. The number of aliphatic hydroxyl groups is 7. The number of allylic oxidation sites excluding steroid dienone is 4. The summed E-state index contributed by atoms with van der Waals surface area (Å²) < 4.78 is 21.4. The van der Waals surface area contributed by atoms with Crippen LogP contribution >= 0.6 is 0 Å². The molecule has 7 N–H and O–H groups in total. The zero-order chi connectivity index (χ0) is 31.0. The maximum atomic E-state index is 12.2. The van der Waals surface area contributed by atoms with Gasteiger partial charge in [0.15, 0.2) is 6.29 Å². The minimum absolute atomic E-state index is 0.173. The van der Waals surface area contributed by atoms with Crippen LogP contribution in [0.15, 0.2) is 24.3 Å². The van der Waals surface area contributed by atoms with Crippen LogP contribution in [0.25, 0.3) is 0 Å². The Labute approximate surface area is 248 Å². The Bertz CT molecular complexity index is 807. The third-order valence-corrected chi connectivity index (χ3v) is 7.63. The molecule has 2 rings (SSSR count). The number of esters is 1. The highest BCUT2D eigenvalue weighted by Crippen LogP contribution is 2.36. The van der Waals surface area contributed by atoms with E-state index in [1.54, 1.807) is 0 Å². The van der Waals surface area contributed by atoms with Crippen molar-refractivity contribution in [1.29, 1.82) is 0 Å². The highest BCUT2D eigenvalue weighted by Gasteiger charge is 2.58. The van der Waals surface area contributed by atoms with Crippen LogP contribution in [0.2, 0.25) is 0 Å². The van der Waals surface area contributed by atoms with Crippen LogP contribution in [-0.4, -0.2) is 116 Å². The second-order valence-electron chi connectivity index (χ2n) is 11.0. The maximum Gasteiger partial charge on any atom is 0.305 e. The topological polar surface area (TPSA) is 196 Å².